The molecule has 0 aliphatic rings. The monoisotopic (exact) mass is 336 g/mol. The fourth-order valence-corrected chi connectivity index (χ4v) is 2.74. The van der Waals surface area contributed by atoms with Gasteiger partial charge in [-0.3, -0.25) is 4.90 Å². The Bertz CT molecular complexity index is 657. The molecule has 0 aromatic heterocycles. The number of anilines is 1. The number of ether oxygens (including phenoxy) is 1. The lowest BCUT2D eigenvalue weighted by Crippen LogP contribution is -2.36. The zero-order valence-corrected chi connectivity index (χ0v) is 14.7. The molecule has 0 saturated heterocycles. The van der Waals surface area contributed by atoms with E-state index in [0.717, 1.165) is 23.9 Å². The highest BCUT2D eigenvalue weighted by atomic mass is 35.5. The van der Waals surface area contributed by atoms with Crippen LogP contribution in [0.1, 0.15) is 31.1 Å². The topological polar surface area (TPSA) is 55.6 Å². The summed E-state index contributed by atoms with van der Waals surface area (Å²) in [5.41, 5.74) is 7.20. The molecule has 0 aliphatic heterocycles. The molecule has 0 radical (unpaired) electrons. The van der Waals surface area contributed by atoms with Crippen LogP contribution in [-0.4, -0.2) is 36.6 Å². The number of benzene rings is 2. The van der Waals surface area contributed by atoms with Gasteiger partial charge in [-0.15, -0.1) is 12.4 Å². The third kappa shape index (κ3) is 4.36. The number of nitrogens with zero attached hydrogens (tertiary/aromatic N) is 1. The van der Waals surface area contributed by atoms with Crippen molar-refractivity contribution in [2.75, 3.05) is 25.4 Å². The highest BCUT2D eigenvalue weighted by Gasteiger charge is 2.16. The quantitative estimate of drug-likeness (QED) is 0.645. The van der Waals surface area contributed by atoms with Crippen molar-refractivity contribution in [3.05, 3.63) is 42.0 Å². The Hall–Kier alpha value is -1.78. The van der Waals surface area contributed by atoms with Crippen LogP contribution in [0.25, 0.3) is 10.8 Å². The average Bonchev–Trinajstić information content (AvgIpc) is 2.53. The number of nitrogen functional groups attached to an aromatic ring is 1. The number of hydrogen-bond donors (Lipinski definition) is 1. The van der Waals surface area contributed by atoms with Gasteiger partial charge in [0.2, 0.25) is 0 Å². The summed E-state index contributed by atoms with van der Waals surface area (Å²) in [6.07, 6.45) is 0. The fourth-order valence-electron chi connectivity index (χ4n) is 2.74. The smallest absolute Gasteiger partial charge is 0.338 e. The first-order valence-corrected chi connectivity index (χ1v) is 7.76. The van der Waals surface area contributed by atoms with Gasteiger partial charge in [0.1, 0.15) is 6.61 Å². The van der Waals surface area contributed by atoms with Gasteiger partial charge in [-0.25, -0.2) is 4.79 Å². The Kier molecular flexibility index (Phi) is 7.33. The zero-order chi connectivity index (χ0) is 16.1. The molecule has 23 heavy (non-hydrogen) atoms. The molecule has 0 spiro atoms. The summed E-state index contributed by atoms with van der Waals surface area (Å²) >= 11 is 0. The SMILES string of the molecule is CCN(CC)C(C)COC(=O)c1cccc2c(N)cccc12.Cl. The lowest BCUT2D eigenvalue weighted by Gasteiger charge is -2.25. The Morgan fingerprint density at radius 2 is 1.74 bits per heavy atom. The van der Waals surface area contributed by atoms with Gasteiger partial charge in [-0.1, -0.05) is 38.1 Å². The van der Waals surface area contributed by atoms with Crippen LogP contribution >= 0.6 is 12.4 Å². The number of esters is 1. The average molecular weight is 337 g/mol. The van der Waals surface area contributed by atoms with E-state index in [1.54, 1.807) is 6.07 Å². The lowest BCUT2D eigenvalue weighted by atomic mass is 10.0. The second kappa shape index (κ2) is 8.75. The van der Waals surface area contributed by atoms with Crippen molar-refractivity contribution in [3.63, 3.8) is 0 Å². The Morgan fingerprint density at radius 3 is 2.39 bits per heavy atom. The van der Waals surface area contributed by atoms with Crippen molar-refractivity contribution in [3.8, 4) is 0 Å². The molecule has 126 valence electrons. The fraction of sp³-hybridized carbons (Fsp3) is 0.389. The van der Waals surface area contributed by atoms with Crippen LogP contribution < -0.4 is 5.73 Å². The number of fused-ring (bicyclic) bond motifs is 1. The van der Waals surface area contributed by atoms with Crippen LogP contribution in [0.5, 0.6) is 0 Å². The highest BCUT2D eigenvalue weighted by molar-refractivity contribution is 6.07. The van der Waals surface area contributed by atoms with Gasteiger partial charge in [0.25, 0.3) is 0 Å². The minimum atomic E-state index is -0.296. The third-order valence-electron chi connectivity index (χ3n) is 4.07. The van der Waals surface area contributed by atoms with Gasteiger partial charge in [0.05, 0.1) is 5.56 Å². The molecule has 0 heterocycles. The van der Waals surface area contributed by atoms with E-state index in [4.69, 9.17) is 10.5 Å². The van der Waals surface area contributed by atoms with Crippen molar-refractivity contribution in [1.82, 2.24) is 4.90 Å². The van der Waals surface area contributed by atoms with E-state index in [1.165, 1.54) is 0 Å². The summed E-state index contributed by atoms with van der Waals surface area (Å²) in [7, 11) is 0. The minimum absolute atomic E-state index is 0. The number of likely N-dealkylation sites (N-methyl/N-ethyl adjacent to an activating group) is 1. The number of halogens is 1. The van der Waals surface area contributed by atoms with Crippen LogP contribution in [0.2, 0.25) is 0 Å². The first-order chi connectivity index (χ1) is 10.6. The normalized spacial score (nSPS) is 12.0. The van der Waals surface area contributed by atoms with E-state index in [2.05, 4.69) is 25.7 Å². The summed E-state index contributed by atoms with van der Waals surface area (Å²) in [5.74, 6) is -0.296. The van der Waals surface area contributed by atoms with Gasteiger partial charge in [-0.05, 0) is 37.5 Å². The lowest BCUT2D eigenvalue weighted by molar-refractivity contribution is 0.0384. The Morgan fingerprint density at radius 1 is 1.13 bits per heavy atom. The van der Waals surface area contributed by atoms with E-state index in [9.17, 15) is 4.79 Å². The molecule has 2 rings (SSSR count). The minimum Gasteiger partial charge on any atom is -0.460 e. The van der Waals surface area contributed by atoms with E-state index in [-0.39, 0.29) is 24.4 Å². The largest absolute Gasteiger partial charge is 0.460 e. The van der Waals surface area contributed by atoms with Crippen LogP contribution in [0, 0.1) is 0 Å². The third-order valence-corrected chi connectivity index (χ3v) is 4.07. The van der Waals surface area contributed by atoms with Gasteiger partial charge >= 0.3 is 5.97 Å². The summed E-state index contributed by atoms with van der Waals surface area (Å²) in [5, 5.41) is 1.72. The summed E-state index contributed by atoms with van der Waals surface area (Å²) in [6, 6.07) is 11.3. The molecule has 0 fully saturated rings. The van der Waals surface area contributed by atoms with Crippen molar-refractivity contribution in [2.24, 2.45) is 0 Å². The first-order valence-electron chi connectivity index (χ1n) is 7.76. The number of hydrogen-bond acceptors (Lipinski definition) is 4. The number of rotatable bonds is 6. The summed E-state index contributed by atoms with van der Waals surface area (Å²) in [6.45, 7) is 8.56. The molecular weight excluding hydrogens is 312 g/mol. The standard InChI is InChI=1S/C18H24N2O2.ClH/c1-4-20(5-2)13(3)12-22-18(21)16-10-6-9-15-14(16)8-7-11-17(15)19;/h6-11,13H,4-5,12,19H2,1-3H3;1H. The highest BCUT2D eigenvalue weighted by Crippen LogP contribution is 2.24. The predicted octanol–water partition coefficient (Wildman–Crippen LogP) is 3.73. The predicted molar refractivity (Wildman–Crippen MR) is 98.3 cm³/mol. The van der Waals surface area contributed by atoms with E-state index in [1.807, 2.05) is 30.3 Å². The molecule has 0 aliphatic carbocycles. The molecule has 0 amide bonds. The first kappa shape index (κ1) is 19.3. The van der Waals surface area contributed by atoms with Crippen molar-refractivity contribution in [1.29, 1.82) is 0 Å². The molecule has 5 heteroatoms. The van der Waals surface area contributed by atoms with E-state index >= 15 is 0 Å². The van der Waals surface area contributed by atoms with Gasteiger partial charge in [0.15, 0.2) is 0 Å². The summed E-state index contributed by atoms with van der Waals surface area (Å²) in [4.78, 5) is 14.7. The maximum absolute atomic E-state index is 12.4. The maximum Gasteiger partial charge on any atom is 0.338 e. The maximum atomic E-state index is 12.4. The molecule has 2 N–H and O–H groups in total. The summed E-state index contributed by atoms with van der Waals surface area (Å²) < 4.78 is 5.50. The number of carbonyl (C=O) groups excluding carboxylic acids is 1. The number of carbonyl (C=O) groups is 1. The molecule has 0 saturated carbocycles. The number of nitrogens with two attached hydrogens (primary N) is 1. The molecule has 2 aromatic rings. The van der Waals surface area contributed by atoms with Gasteiger partial charge in [-0.2, -0.15) is 0 Å². The molecule has 2 aromatic carbocycles. The molecule has 1 unspecified atom stereocenters. The zero-order valence-electron chi connectivity index (χ0n) is 13.9. The second-order valence-electron chi connectivity index (χ2n) is 5.42. The Labute approximate surface area is 144 Å². The van der Waals surface area contributed by atoms with Crippen LogP contribution in [0.15, 0.2) is 36.4 Å². The van der Waals surface area contributed by atoms with Crippen molar-refractivity contribution >= 4 is 34.8 Å². The van der Waals surface area contributed by atoms with Gasteiger partial charge < -0.3 is 10.5 Å². The second-order valence-corrected chi connectivity index (χ2v) is 5.42. The van der Waals surface area contributed by atoms with Crippen LogP contribution in [0.4, 0.5) is 5.69 Å². The van der Waals surface area contributed by atoms with Crippen molar-refractivity contribution in [2.45, 2.75) is 26.8 Å². The van der Waals surface area contributed by atoms with Gasteiger partial charge in [0, 0.05) is 17.1 Å². The van der Waals surface area contributed by atoms with Crippen LogP contribution in [0.3, 0.4) is 0 Å². The molecule has 1 atom stereocenters. The van der Waals surface area contributed by atoms with Crippen molar-refractivity contribution < 1.29 is 9.53 Å². The molecular formula is C18H25ClN2O2. The van der Waals surface area contributed by atoms with E-state index in [0.29, 0.717) is 17.9 Å². The molecule has 0 bridgehead atoms. The Balaban J connectivity index is 0.00000264. The van der Waals surface area contributed by atoms with E-state index < -0.39 is 0 Å². The van der Waals surface area contributed by atoms with Crippen LogP contribution in [-0.2, 0) is 4.74 Å². The molecule has 4 nitrogen and oxygen atoms in total.